The number of hydrogen-bond donors (Lipinski definition) is 1. The van der Waals surface area contributed by atoms with Crippen LogP contribution in [0.15, 0.2) is 41.3 Å². The van der Waals surface area contributed by atoms with E-state index in [1.54, 1.807) is 19.1 Å². The molecule has 0 spiro atoms. The van der Waals surface area contributed by atoms with Crippen molar-refractivity contribution in [1.82, 2.24) is 0 Å². The van der Waals surface area contributed by atoms with Gasteiger partial charge in [-0.05, 0) is 36.8 Å². The number of anilines is 1. The van der Waals surface area contributed by atoms with Gasteiger partial charge in [-0.15, -0.1) is 0 Å². The smallest absolute Gasteiger partial charge is 0.184 e. The zero-order valence-electron chi connectivity index (χ0n) is 11.3. The molecule has 0 aliphatic carbocycles. The Morgan fingerprint density at radius 3 is 2.67 bits per heavy atom. The van der Waals surface area contributed by atoms with Crippen LogP contribution in [0.1, 0.15) is 16.7 Å². The first kappa shape index (κ1) is 15.0. The summed E-state index contributed by atoms with van der Waals surface area (Å²) in [6.07, 6.45) is 0. The quantitative estimate of drug-likeness (QED) is 0.883. The van der Waals surface area contributed by atoms with Gasteiger partial charge in [0.05, 0.1) is 28.0 Å². The molecule has 0 radical (unpaired) electrons. The van der Waals surface area contributed by atoms with Crippen LogP contribution in [0.25, 0.3) is 0 Å². The van der Waals surface area contributed by atoms with E-state index in [2.05, 4.69) is 0 Å². The number of nitrogens with two attached hydrogens (primary N) is 1. The molecule has 108 valence electrons. The molecule has 0 atom stereocenters. The zero-order valence-corrected chi connectivity index (χ0v) is 12.1. The molecule has 2 N–H and O–H groups in total. The predicted octanol–water partition coefficient (Wildman–Crippen LogP) is 2.56. The van der Waals surface area contributed by atoms with Gasteiger partial charge in [0.15, 0.2) is 9.84 Å². The lowest BCUT2D eigenvalue weighted by molar-refractivity contribution is 0.587. The third kappa shape index (κ3) is 3.03. The third-order valence-electron chi connectivity index (χ3n) is 3.14. The average Bonchev–Trinajstić information content (AvgIpc) is 2.44. The SMILES string of the molecule is Cc1cccc(S(=O)(=O)Cc2cc(C#N)ccc2F)c1N. The number of benzene rings is 2. The summed E-state index contributed by atoms with van der Waals surface area (Å²) >= 11 is 0. The highest BCUT2D eigenvalue weighted by atomic mass is 32.2. The number of halogens is 1. The number of nitriles is 1. The van der Waals surface area contributed by atoms with Gasteiger partial charge in [0.2, 0.25) is 0 Å². The van der Waals surface area contributed by atoms with Crippen LogP contribution < -0.4 is 5.73 Å². The van der Waals surface area contributed by atoms with Gasteiger partial charge in [-0.25, -0.2) is 12.8 Å². The maximum atomic E-state index is 13.7. The monoisotopic (exact) mass is 304 g/mol. The first-order valence-electron chi connectivity index (χ1n) is 6.11. The van der Waals surface area contributed by atoms with Crippen LogP contribution in [0.3, 0.4) is 0 Å². The highest BCUT2D eigenvalue weighted by Gasteiger charge is 2.21. The molecule has 0 saturated heterocycles. The van der Waals surface area contributed by atoms with E-state index in [4.69, 9.17) is 11.0 Å². The molecule has 2 rings (SSSR count). The number of nitrogen functional groups attached to an aromatic ring is 1. The average molecular weight is 304 g/mol. The number of nitrogens with zero attached hydrogens (tertiary/aromatic N) is 1. The Labute approximate surface area is 122 Å². The van der Waals surface area contributed by atoms with Gasteiger partial charge in [0.1, 0.15) is 5.82 Å². The van der Waals surface area contributed by atoms with Crippen molar-refractivity contribution in [3.05, 3.63) is 58.9 Å². The van der Waals surface area contributed by atoms with Gasteiger partial charge in [-0.3, -0.25) is 0 Å². The number of aryl methyl sites for hydroxylation is 1. The van der Waals surface area contributed by atoms with Gasteiger partial charge in [-0.1, -0.05) is 12.1 Å². The van der Waals surface area contributed by atoms with Crippen LogP contribution in [0.5, 0.6) is 0 Å². The Morgan fingerprint density at radius 2 is 2.00 bits per heavy atom. The summed E-state index contributed by atoms with van der Waals surface area (Å²) in [7, 11) is -3.79. The largest absolute Gasteiger partial charge is 0.397 e. The molecule has 0 aliphatic rings. The lowest BCUT2D eigenvalue weighted by atomic mass is 10.1. The fraction of sp³-hybridized carbons (Fsp3) is 0.133. The lowest BCUT2D eigenvalue weighted by Gasteiger charge is -2.10. The minimum absolute atomic E-state index is 0.0238. The molecule has 0 aromatic heterocycles. The fourth-order valence-corrected chi connectivity index (χ4v) is 3.53. The summed E-state index contributed by atoms with van der Waals surface area (Å²) in [5.41, 5.74) is 6.75. The number of hydrogen-bond acceptors (Lipinski definition) is 4. The Morgan fingerprint density at radius 1 is 1.29 bits per heavy atom. The van der Waals surface area contributed by atoms with Crippen molar-refractivity contribution in [2.24, 2.45) is 0 Å². The molecule has 2 aromatic carbocycles. The van der Waals surface area contributed by atoms with Gasteiger partial charge in [0, 0.05) is 5.56 Å². The second-order valence-electron chi connectivity index (χ2n) is 4.66. The molecule has 21 heavy (non-hydrogen) atoms. The van der Waals surface area contributed by atoms with Crippen LogP contribution in [0.4, 0.5) is 10.1 Å². The summed E-state index contributed by atoms with van der Waals surface area (Å²) in [5.74, 6) is -1.20. The van der Waals surface area contributed by atoms with Crippen molar-refractivity contribution in [2.45, 2.75) is 17.6 Å². The maximum absolute atomic E-state index is 13.7. The first-order chi connectivity index (χ1) is 9.85. The van der Waals surface area contributed by atoms with Crippen molar-refractivity contribution in [2.75, 3.05) is 5.73 Å². The molecule has 0 amide bonds. The summed E-state index contributed by atoms with van der Waals surface area (Å²) in [4.78, 5) is -0.0238. The molecule has 2 aromatic rings. The van der Waals surface area contributed by atoms with E-state index in [9.17, 15) is 12.8 Å². The molecular formula is C15H13FN2O2S. The van der Waals surface area contributed by atoms with E-state index in [0.717, 1.165) is 6.07 Å². The van der Waals surface area contributed by atoms with Gasteiger partial charge in [-0.2, -0.15) is 5.26 Å². The van der Waals surface area contributed by atoms with E-state index < -0.39 is 21.4 Å². The maximum Gasteiger partial charge on any atom is 0.184 e. The van der Waals surface area contributed by atoms with Crippen molar-refractivity contribution in [3.8, 4) is 6.07 Å². The molecular weight excluding hydrogens is 291 g/mol. The normalized spacial score (nSPS) is 11.1. The summed E-state index contributed by atoms with van der Waals surface area (Å²) in [6.45, 7) is 1.70. The molecule has 0 fully saturated rings. The highest BCUT2D eigenvalue weighted by molar-refractivity contribution is 7.90. The minimum Gasteiger partial charge on any atom is -0.397 e. The third-order valence-corrected chi connectivity index (χ3v) is 4.86. The Hall–Kier alpha value is -2.39. The van der Waals surface area contributed by atoms with Crippen molar-refractivity contribution in [1.29, 1.82) is 5.26 Å². The van der Waals surface area contributed by atoms with E-state index in [-0.39, 0.29) is 21.7 Å². The van der Waals surface area contributed by atoms with Crippen molar-refractivity contribution < 1.29 is 12.8 Å². The Bertz CT molecular complexity index is 839. The fourth-order valence-electron chi connectivity index (χ4n) is 1.96. The van der Waals surface area contributed by atoms with Crippen LogP contribution >= 0.6 is 0 Å². The standard InChI is InChI=1S/C15H13FN2O2S/c1-10-3-2-4-14(15(10)18)21(19,20)9-12-7-11(8-17)5-6-13(12)16/h2-7H,9,18H2,1H3. The topological polar surface area (TPSA) is 84.0 Å². The minimum atomic E-state index is -3.79. The molecule has 4 nitrogen and oxygen atoms in total. The van der Waals surface area contributed by atoms with Crippen LogP contribution in [-0.2, 0) is 15.6 Å². The molecule has 0 bridgehead atoms. The van der Waals surface area contributed by atoms with Gasteiger partial charge in [0.25, 0.3) is 0 Å². The second kappa shape index (κ2) is 5.54. The zero-order chi connectivity index (χ0) is 15.6. The molecule has 0 saturated carbocycles. The second-order valence-corrected chi connectivity index (χ2v) is 6.62. The lowest BCUT2D eigenvalue weighted by Crippen LogP contribution is -2.10. The molecule has 0 heterocycles. The molecule has 0 unspecified atom stereocenters. The van der Waals surface area contributed by atoms with E-state index in [1.165, 1.54) is 18.2 Å². The summed E-state index contributed by atoms with van der Waals surface area (Å²) in [5, 5.41) is 8.81. The summed E-state index contributed by atoms with van der Waals surface area (Å²) < 4.78 is 38.5. The van der Waals surface area contributed by atoms with Crippen molar-refractivity contribution in [3.63, 3.8) is 0 Å². The molecule has 6 heteroatoms. The highest BCUT2D eigenvalue weighted by Crippen LogP contribution is 2.26. The number of para-hydroxylation sites is 1. The predicted molar refractivity (Wildman–Crippen MR) is 77.6 cm³/mol. The van der Waals surface area contributed by atoms with E-state index in [1.807, 2.05) is 6.07 Å². The van der Waals surface area contributed by atoms with Crippen LogP contribution in [-0.4, -0.2) is 8.42 Å². The number of sulfone groups is 1. The van der Waals surface area contributed by atoms with Gasteiger partial charge < -0.3 is 5.73 Å². The van der Waals surface area contributed by atoms with E-state index >= 15 is 0 Å². The Balaban J connectivity index is 2.48. The van der Waals surface area contributed by atoms with E-state index in [0.29, 0.717) is 5.56 Å². The van der Waals surface area contributed by atoms with Gasteiger partial charge >= 0.3 is 0 Å². The summed E-state index contributed by atoms with van der Waals surface area (Å²) in [6, 6.07) is 10.2. The molecule has 0 aliphatic heterocycles. The number of rotatable bonds is 3. The Kier molecular flexibility index (Phi) is 3.96. The van der Waals surface area contributed by atoms with Crippen molar-refractivity contribution >= 4 is 15.5 Å². The first-order valence-corrected chi connectivity index (χ1v) is 7.77. The van der Waals surface area contributed by atoms with Crippen LogP contribution in [0, 0.1) is 24.1 Å². The van der Waals surface area contributed by atoms with Crippen LogP contribution in [0.2, 0.25) is 0 Å².